The van der Waals surface area contributed by atoms with Gasteiger partial charge in [0.05, 0.1) is 19.5 Å². The van der Waals surface area contributed by atoms with Crippen molar-refractivity contribution in [3.05, 3.63) is 30.3 Å². The second-order valence-corrected chi connectivity index (χ2v) is 9.07. The van der Waals surface area contributed by atoms with Gasteiger partial charge in [-0.3, -0.25) is 4.21 Å². The fraction of sp³-hybridized carbons (Fsp3) is 0.450. The summed E-state index contributed by atoms with van der Waals surface area (Å²) in [6.45, 7) is 1.24. The molecule has 0 aromatic heterocycles. The smallest absolute Gasteiger partial charge is 0.321 e. The van der Waals surface area contributed by atoms with Crippen LogP contribution in [-0.2, 0) is 10.8 Å². The van der Waals surface area contributed by atoms with Gasteiger partial charge in [-0.05, 0) is 54.3 Å². The van der Waals surface area contributed by atoms with Crippen LogP contribution in [0.5, 0.6) is 11.5 Å². The molecule has 3 atom stereocenters. The van der Waals surface area contributed by atoms with Crippen LogP contribution in [0.1, 0.15) is 19.3 Å². The number of ether oxygens (including phenoxy) is 2. The number of carbonyl (C=O) groups is 1. The van der Waals surface area contributed by atoms with Crippen molar-refractivity contribution >= 4 is 33.3 Å². The highest BCUT2D eigenvalue weighted by molar-refractivity contribution is 7.86. The van der Waals surface area contributed by atoms with Crippen molar-refractivity contribution in [2.45, 2.75) is 29.8 Å². The number of fused-ring (bicyclic) bond motifs is 3. The van der Waals surface area contributed by atoms with Crippen molar-refractivity contribution in [3.63, 3.8) is 0 Å². The number of hydrogen-bond donors (Lipinski definition) is 1. The van der Waals surface area contributed by atoms with Gasteiger partial charge in [0.15, 0.2) is 11.5 Å². The number of amides is 2. The number of nitrogens with zero attached hydrogens (tertiary/aromatic N) is 1. The summed E-state index contributed by atoms with van der Waals surface area (Å²) < 4.78 is 23.0. The second-order valence-electron chi connectivity index (χ2n) is 7.08. The minimum Gasteiger partial charge on any atom is -0.493 e. The lowest BCUT2D eigenvalue weighted by molar-refractivity contribution is 0.209. The van der Waals surface area contributed by atoms with Gasteiger partial charge >= 0.3 is 6.03 Å². The van der Waals surface area contributed by atoms with Gasteiger partial charge in [-0.1, -0.05) is 6.07 Å². The van der Waals surface area contributed by atoms with Crippen LogP contribution in [0.15, 0.2) is 30.3 Å². The highest BCUT2D eigenvalue weighted by atomic mass is 32.2. The zero-order valence-electron chi connectivity index (χ0n) is 15.6. The van der Waals surface area contributed by atoms with Crippen LogP contribution in [0, 0.1) is 0 Å². The number of hydrogen-bond acceptors (Lipinski definition) is 4. The largest absolute Gasteiger partial charge is 0.493 e. The van der Waals surface area contributed by atoms with Crippen LogP contribution < -0.4 is 14.8 Å². The SMILES string of the molecule is COc1cc2ccc(NC(=O)N3CCC4CCC(C3)S4=O)cc2cc1OC. The minimum atomic E-state index is -0.793. The maximum absolute atomic E-state index is 12.7. The number of likely N-dealkylation sites (tertiary alicyclic amines) is 1. The van der Waals surface area contributed by atoms with Gasteiger partial charge in [0.1, 0.15) is 0 Å². The first-order valence-corrected chi connectivity index (χ1v) is 10.5. The molecular weight excluding hydrogens is 364 g/mol. The van der Waals surface area contributed by atoms with Crippen LogP contribution in [0.4, 0.5) is 10.5 Å². The predicted molar refractivity (Wildman–Crippen MR) is 107 cm³/mol. The van der Waals surface area contributed by atoms with Gasteiger partial charge in [-0.15, -0.1) is 0 Å². The zero-order chi connectivity index (χ0) is 19.0. The molecule has 2 aromatic carbocycles. The van der Waals surface area contributed by atoms with Crippen LogP contribution >= 0.6 is 0 Å². The van der Waals surface area contributed by atoms with E-state index < -0.39 is 10.8 Å². The second kappa shape index (κ2) is 7.38. The Kier molecular flexibility index (Phi) is 4.95. The molecule has 2 aliphatic heterocycles. The first-order valence-electron chi connectivity index (χ1n) is 9.20. The van der Waals surface area contributed by atoms with Gasteiger partial charge in [0.25, 0.3) is 0 Å². The van der Waals surface area contributed by atoms with E-state index in [0.29, 0.717) is 24.6 Å². The van der Waals surface area contributed by atoms with Crippen LogP contribution in [-0.4, -0.2) is 52.9 Å². The Bertz CT molecular complexity index is 901. The van der Waals surface area contributed by atoms with Crippen LogP contribution in [0.2, 0.25) is 0 Å². The molecule has 0 spiro atoms. The van der Waals surface area contributed by atoms with Gasteiger partial charge in [0.2, 0.25) is 0 Å². The van der Waals surface area contributed by atoms with E-state index in [1.807, 2.05) is 30.3 Å². The van der Waals surface area contributed by atoms with Crippen molar-refractivity contribution in [1.29, 1.82) is 0 Å². The third-order valence-electron chi connectivity index (χ3n) is 5.49. The normalized spacial score (nSPS) is 24.5. The molecule has 0 aliphatic carbocycles. The standard InChI is InChI=1S/C20H24N2O4S/c1-25-18-10-13-3-4-15(9-14(13)11-19(18)26-2)21-20(23)22-8-7-16-5-6-17(12-22)27(16)24/h3-4,9-11,16-17H,5-8,12H2,1-2H3,(H,21,23). The van der Waals surface area contributed by atoms with Crippen molar-refractivity contribution in [2.24, 2.45) is 0 Å². The van der Waals surface area contributed by atoms with Crippen molar-refractivity contribution in [2.75, 3.05) is 32.6 Å². The number of anilines is 1. The highest BCUT2D eigenvalue weighted by Crippen LogP contribution is 2.34. The predicted octanol–water partition coefficient (Wildman–Crippen LogP) is 3.37. The molecule has 1 N–H and O–H groups in total. The zero-order valence-corrected chi connectivity index (χ0v) is 16.4. The molecule has 2 fully saturated rings. The summed E-state index contributed by atoms with van der Waals surface area (Å²) in [5.74, 6) is 1.33. The summed E-state index contributed by atoms with van der Waals surface area (Å²) in [6, 6.07) is 9.45. The van der Waals surface area contributed by atoms with Crippen LogP contribution in [0.25, 0.3) is 10.8 Å². The molecule has 2 heterocycles. The number of rotatable bonds is 3. The lowest BCUT2D eigenvalue weighted by atomic mass is 10.1. The summed E-state index contributed by atoms with van der Waals surface area (Å²) in [6.07, 6.45) is 2.81. The summed E-state index contributed by atoms with van der Waals surface area (Å²) in [5, 5.41) is 5.34. The molecule has 0 radical (unpaired) electrons. The minimum absolute atomic E-state index is 0.122. The Morgan fingerprint density at radius 3 is 2.48 bits per heavy atom. The third kappa shape index (κ3) is 3.48. The summed E-state index contributed by atoms with van der Waals surface area (Å²) in [5.41, 5.74) is 0.732. The van der Waals surface area contributed by atoms with E-state index in [4.69, 9.17) is 9.47 Å². The number of benzene rings is 2. The highest BCUT2D eigenvalue weighted by Gasteiger charge is 2.38. The summed E-state index contributed by atoms with van der Waals surface area (Å²) in [7, 11) is 2.42. The van der Waals surface area contributed by atoms with E-state index in [2.05, 4.69) is 5.32 Å². The molecule has 2 aromatic rings. The Hall–Kier alpha value is -2.28. The van der Waals surface area contributed by atoms with E-state index in [9.17, 15) is 9.00 Å². The maximum Gasteiger partial charge on any atom is 0.321 e. The van der Waals surface area contributed by atoms with Gasteiger partial charge in [0, 0.05) is 34.8 Å². The summed E-state index contributed by atoms with van der Waals surface area (Å²) in [4.78, 5) is 14.5. The Morgan fingerprint density at radius 1 is 1.04 bits per heavy atom. The first-order chi connectivity index (χ1) is 13.1. The molecule has 27 heavy (non-hydrogen) atoms. The van der Waals surface area contributed by atoms with Crippen LogP contribution in [0.3, 0.4) is 0 Å². The Morgan fingerprint density at radius 2 is 1.74 bits per heavy atom. The molecule has 3 unspecified atom stereocenters. The van der Waals surface area contributed by atoms with E-state index >= 15 is 0 Å². The van der Waals surface area contributed by atoms with E-state index in [-0.39, 0.29) is 16.5 Å². The Balaban J connectivity index is 1.52. The molecule has 0 saturated carbocycles. The molecule has 4 rings (SSSR count). The topological polar surface area (TPSA) is 67.9 Å². The maximum atomic E-state index is 12.7. The van der Waals surface area contributed by atoms with Crippen molar-refractivity contribution in [1.82, 2.24) is 4.90 Å². The molecule has 2 amide bonds. The van der Waals surface area contributed by atoms with Gasteiger partial charge in [-0.2, -0.15) is 0 Å². The molecule has 2 bridgehead atoms. The lowest BCUT2D eigenvalue weighted by Gasteiger charge is -2.24. The average Bonchev–Trinajstić information content (AvgIpc) is 2.92. The van der Waals surface area contributed by atoms with Crippen molar-refractivity contribution in [3.8, 4) is 11.5 Å². The fourth-order valence-corrected chi connectivity index (χ4v) is 5.92. The lowest BCUT2D eigenvalue weighted by Crippen LogP contribution is -2.40. The monoisotopic (exact) mass is 388 g/mol. The van der Waals surface area contributed by atoms with Gasteiger partial charge < -0.3 is 19.7 Å². The van der Waals surface area contributed by atoms with E-state index in [1.165, 1.54) is 0 Å². The molecule has 2 saturated heterocycles. The average molecular weight is 388 g/mol. The van der Waals surface area contributed by atoms with E-state index in [1.54, 1.807) is 19.1 Å². The summed E-state index contributed by atoms with van der Waals surface area (Å²) >= 11 is 0. The third-order valence-corrected chi connectivity index (χ3v) is 7.66. The number of methoxy groups -OCH3 is 2. The van der Waals surface area contributed by atoms with Gasteiger partial charge in [-0.25, -0.2) is 4.79 Å². The molecule has 2 aliphatic rings. The molecular formula is C20H24N2O4S. The molecule has 7 heteroatoms. The van der Waals surface area contributed by atoms with Crippen molar-refractivity contribution < 1.29 is 18.5 Å². The molecule has 6 nitrogen and oxygen atoms in total. The molecule has 144 valence electrons. The first kappa shape index (κ1) is 18.1. The van der Waals surface area contributed by atoms with E-state index in [0.717, 1.165) is 35.7 Å². The number of nitrogens with one attached hydrogen (secondary N) is 1. The number of carbonyl (C=O) groups excluding carboxylic acids is 1. The fourth-order valence-electron chi connectivity index (χ4n) is 3.98. The Labute approximate surface area is 161 Å². The quantitative estimate of drug-likeness (QED) is 0.875. The number of urea groups is 1.